The van der Waals surface area contributed by atoms with Gasteiger partial charge in [-0.1, -0.05) is 55.2 Å². The predicted molar refractivity (Wildman–Crippen MR) is 125 cm³/mol. The van der Waals surface area contributed by atoms with Crippen LogP contribution in [0.5, 0.6) is 0 Å². The third kappa shape index (κ3) is 5.43. The number of carbonyl (C=O) groups excluding carboxylic acids is 1. The Kier molecular flexibility index (Phi) is 7.20. The second-order valence-electron chi connectivity index (χ2n) is 8.77. The van der Waals surface area contributed by atoms with Crippen LogP contribution in [0, 0.1) is 6.92 Å². The number of amides is 1. The van der Waals surface area contributed by atoms with Gasteiger partial charge in [-0.15, -0.1) is 4.36 Å². The second-order valence-corrected chi connectivity index (χ2v) is 10.7. The van der Waals surface area contributed by atoms with E-state index in [2.05, 4.69) is 14.0 Å². The zero-order valence-corrected chi connectivity index (χ0v) is 19.2. The van der Waals surface area contributed by atoms with Crippen LogP contribution in [0.4, 0.5) is 0 Å². The van der Waals surface area contributed by atoms with E-state index < -0.39 is 15.8 Å². The maximum atomic E-state index is 14.3. The van der Waals surface area contributed by atoms with Crippen LogP contribution in [0.1, 0.15) is 60.9 Å². The van der Waals surface area contributed by atoms with E-state index in [-0.39, 0.29) is 6.04 Å². The van der Waals surface area contributed by atoms with Gasteiger partial charge in [-0.25, -0.2) is 8.93 Å². The molecule has 0 radical (unpaired) electrons. The van der Waals surface area contributed by atoms with E-state index in [4.69, 9.17) is 0 Å². The molecule has 3 atom stereocenters. The Bertz CT molecular complexity index is 991. The molecular weight excluding hydrogens is 406 g/mol. The summed E-state index contributed by atoms with van der Waals surface area (Å²) in [7, 11) is -3.10. The highest BCUT2D eigenvalue weighted by atomic mass is 32.2. The lowest BCUT2D eigenvalue weighted by Crippen LogP contribution is -2.54. The van der Waals surface area contributed by atoms with Crippen molar-refractivity contribution in [1.29, 1.82) is 0 Å². The van der Waals surface area contributed by atoms with Crippen molar-refractivity contribution in [2.45, 2.75) is 68.8 Å². The standard InChI is InChI=1S/C25H33N3O2S/c1-20-14-16-22(17-15-20)31(30,27-25(29)21-10-4-2-5-11-21)26-23-12-6-7-13-24(23)28-18-8-3-9-19-28/h2,4-5,10-11,14-17,23-24H,3,6-9,12-13,18-19H2,1H3,(H,26,27,29,30)/t23-,24-,31?/m0/s1. The van der Waals surface area contributed by atoms with Gasteiger partial charge >= 0.3 is 0 Å². The first-order valence-electron chi connectivity index (χ1n) is 11.5. The smallest absolute Gasteiger partial charge is 0.286 e. The quantitative estimate of drug-likeness (QED) is 0.716. The van der Waals surface area contributed by atoms with Gasteiger partial charge in [-0.3, -0.25) is 9.69 Å². The average Bonchev–Trinajstić information content (AvgIpc) is 2.81. The van der Waals surface area contributed by atoms with Crippen molar-refractivity contribution in [3.63, 3.8) is 0 Å². The van der Waals surface area contributed by atoms with Gasteiger partial charge in [-0.2, -0.15) is 0 Å². The van der Waals surface area contributed by atoms with Crippen LogP contribution in [-0.2, 0) is 9.92 Å². The van der Waals surface area contributed by atoms with Gasteiger partial charge in [0.05, 0.1) is 4.90 Å². The summed E-state index contributed by atoms with van der Waals surface area (Å²) in [5.74, 6) is -0.441. The van der Waals surface area contributed by atoms with Crippen molar-refractivity contribution in [3.05, 3.63) is 65.7 Å². The first-order valence-corrected chi connectivity index (χ1v) is 13.0. The molecule has 2 aromatic rings. The summed E-state index contributed by atoms with van der Waals surface area (Å²) in [6.45, 7) is 4.21. The maximum Gasteiger partial charge on any atom is 0.286 e. The number of aryl methyl sites for hydroxylation is 1. The highest BCUT2D eigenvalue weighted by Gasteiger charge is 2.33. The van der Waals surface area contributed by atoms with E-state index in [0.717, 1.165) is 37.9 Å². The molecule has 2 aromatic carbocycles. The van der Waals surface area contributed by atoms with E-state index in [1.165, 1.54) is 25.7 Å². The van der Waals surface area contributed by atoms with E-state index >= 15 is 0 Å². The minimum absolute atomic E-state index is 0.0629. The molecule has 166 valence electrons. The third-order valence-electron chi connectivity index (χ3n) is 6.47. The molecule has 2 aliphatic rings. The van der Waals surface area contributed by atoms with Gasteiger partial charge in [0.1, 0.15) is 9.92 Å². The normalized spacial score (nSPS) is 24.3. The molecule has 4 rings (SSSR count). The summed E-state index contributed by atoms with van der Waals surface area (Å²) < 4.78 is 22.0. The van der Waals surface area contributed by atoms with E-state index in [0.29, 0.717) is 16.5 Å². The number of nitrogens with zero attached hydrogens (tertiary/aromatic N) is 2. The predicted octanol–water partition coefficient (Wildman–Crippen LogP) is 4.96. The summed E-state index contributed by atoms with van der Waals surface area (Å²) in [6.07, 6.45) is 8.12. The molecule has 5 nitrogen and oxygen atoms in total. The second kappa shape index (κ2) is 10.1. The Labute approximate surface area is 186 Å². The Morgan fingerprint density at radius 1 is 0.935 bits per heavy atom. The lowest BCUT2D eigenvalue weighted by molar-refractivity contribution is 0.100. The molecule has 1 saturated heterocycles. The van der Waals surface area contributed by atoms with E-state index in [1.807, 2.05) is 37.3 Å². The van der Waals surface area contributed by atoms with Crippen molar-refractivity contribution in [3.8, 4) is 0 Å². The van der Waals surface area contributed by atoms with E-state index in [9.17, 15) is 9.00 Å². The number of hydrogen-bond donors (Lipinski definition) is 1. The molecule has 1 aliphatic heterocycles. The van der Waals surface area contributed by atoms with Gasteiger partial charge < -0.3 is 0 Å². The van der Waals surface area contributed by atoms with Crippen molar-refractivity contribution in [2.75, 3.05) is 13.1 Å². The lowest BCUT2D eigenvalue weighted by Gasteiger charge is -2.42. The van der Waals surface area contributed by atoms with Crippen LogP contribution in [0.15, 0.2) is 63.9 Å². The van der Waals surface area contributed by atoms with Gasteiger partial charge in [-0.05, 0) is 70.0 Å². The summed E-state index contributed by atoms with van der Waals surface area (Å²) in [5.41, 5.74) is 1.55. The number of piperidine rings is 1. The van der Waals surface area contributed by atoms with Crippen molar-refractivity contribution < 1.29 is 9.00 Å². The van der Waals surface area contributed by atoms with Crippen LogP contribution in [0.25, 0.3) is 0 Å². The fraction of sp³-hybridized carbons (Fsp3) is 0.480. The summed E-state index contributed by atoms with van der Waals surface area (Å²) >= 11 is 0. The van der Waals surface area contributed by atoms with Crippen molar-refractivity contribution in [1.82, 2.24) is 9.62 Å². The molecule has 1 N–H and O–H groups in total. The zero-order valence-electron chi connectivity index (χ0n) is 18.3. The molecule has 0 aromatic heterocycles. The maximum absolute atomic E-state index is 14.3. The monoisotopic (exact) mass is 439 g/mol. The summed E-state index contributed by atoms with van der Waals surface area (Å²) in [4.78, 5) is 16.1. The van der Waals surface area contributed by atoms with Crippen LogP contribution >= 0.6 is 0 Å². The Hall–Kier alpha value is -2.02. The molecule has 6 heteroatoms. The molecule has 1 unspecified atom stereocenters. The Balaban J connectivity index is 1.68. The van der Waals surface area contributed by atoms with Gasteiger partial charge in [0, 0.05) is 17.6 Å². The number of carbonyl (C=O) groups is 1. The highest BCUT2D eigenvalue weighted by Crippen LogP contribution is 2.28. The minimum Gasteiger partial charge on any atom is -0.299 e. The summed E-state index contributed by atoms with van der Waals surface area (Å²) in [6, 6.07) is 16.9. The molecule has 31 heavy (non-hydrogen) atoms. The van der Waals surface area contributed by atoms with Gasteiger partial charge in [0.2, 0.25) is 0 Å². The lowest BCUT2D eigenvalue weighted by atomic mass is 9.89. The Morgan fingerprint density at radius 2 is 1.61 bits per heavy atom. The number of likely N-dealkylation sites (tertiary alicyclic amines) is 1. The number of hydrogen-bond acceptors (Lipinski definition) is 3. The average molecular weight is 440 g/mol. The minimum atomic E-state index is -3.10. The summed E-state index contributed by atoms with van der Waals surface area (Å²) in [5, 5.41) is 0. The highest BCUT2D eigenvalue weighted by molar-refractivity contribution is 7.92. The SMILES string of the molecule is Cc1ccc(S(=O)(=NC(=O)c2ccccc2)N[C@H]2CCCC[C@@H]2N2CCCCC2)cc1. The first kappa shape index (κ1) is 22.2. The van der Waals surface area contributed by atoms with Crippen LogP contribution in [0.2, 0.25) is 0 Å². The zero-order chi connectivity index (χ0) is 21.7. The molecular formula is C25H33N3O2S. The number of benzene rings is 2. The largest absolute Gasteiger partial charge is 0.299 e. The van der Waals surface area contributed by atoms with E-state index in [1.54, 1.807) is 24.3 Å². The van der Waals surface area contributed by atoms with Crippen molar-refractivity contribution in [2.24, 2.45) is 4.36 Å². The molecule has 0 bridgehead atoms. The molecule has 1 saturated carbocycles. The van der Waals surface area contributed by atoms with Gasteiger partial charge in [0.25, 0.3) is 5.91 Å². The fourth-order valence-electron chi connectivity index (χ4n) is 4.76. The molecule has 0 spiro atoms. The third-order valence-corrected chi connectivity index (χ3v) is 8.43. The molecule has 1 heterocycles. The topological polar surface area (TPSA) is 61.8 Å². The first-order chi connectivity index (χ1) is 15.0. The van der Waals surface area contributed by atoms with Crippen LogP contribution < -0.4 is 4.72 Å². The Morgan fingerprint density at radius 3 is 2.32 bits per heavy atom. The van der Waals surface area contributed by atoms with Crippen molar-refractivity contribution >= 4 is 15.8 Å². The van der Waals surface area contributed by atoms with Crippen LogP contribution in [0.3, 0.4) is 0 Å². The van der Waals surface area contributed by atoms with Gasteiger partial charge in [0.15, 0.2) is 0 Å². The fourth-order valence-corrected chi connectivity index (χ4v) is 6.58. The number of rotatable bonds is 5. The van der Waals surface area contributed by atoms with Crippen LogP contribution in [-0.4, -0.2) is 40.2 Å². The molecule has 1 amide bonds. The molecule has 2 fully saturated rings. The number of nitrogens with one attached hydrogen (secondary N) is 1. The molecule has 1 aliphatic carbocycles.